The molecule has 0 saturated carbocycles. The molecule has 0 spiro atoms. The van der Waals surface area contributed by atoms with Gasteiger partial charge < -0.3 is 9.73 Å². The van der Waals surface area contributed by atoms with Gasteiger partial charge >= 0.3 is 0 Å². The lowest BCUT2D eigenvalue weighted by atomic mass is 9.97. The molecule has 2 rings (SSSR count). The minimum atomic E-state index is -3.47. The normalized spacial score (nSPS) is 16.2. The van der Waals surface area contributed by atoms with Crippen LogP contribution in [0.5, 0.6) is 0 Å². The molecule has 0 amide bonds. The Bertz CT molecular complexity index is 588. The summed E-state index contributed by atoms with van der Waals surface area (Å²) in [6.07, 6.45) is 8.44. The first kappa shape index (κ1) is 16.3. The molecule has 0 atom stereocenters. The summed E-state index contributed by atoms with van der Waals surface area (Å²) in [5.41, 5.74) is 1.53. The SMILES string of the molecule is CN(C)S(=O)(=O)c1ccc(CNCCC2=CCCCC2)o1. The van der Waals surface area contributed by atoms with Crippen LogP contribution >= 0.6 is 0 Å². The Morgan fingerprint density at radius 1 is 1.29 bits per heavy atom. The molecule has 0 fully saturated rings. The number of furan rings is 1. The zero-order chi connectivity index (χ0) is 15.3. The van der Waals surface area contributed by atoms with Gasteiger partial charge in [-0.2, -0.15) is 0 Å². The third-order valence-corrected chi connectivity index (χ3v) is 5.37. The van der Waals surface area contributed by atoms with E-state index in [4.69, 9.17) is 4.42 Å². The average Bonchev–Trinajstić information content (AvgIpc) is 2.94. The van der Waals surface area contributed by atoms with Crippen molar-refractivity contribution in [2.24, 2.45) is 0 Å². The van der Waals surface area contributed by atoms with E-state index in [-0.39, 0.29) is 5.09 Å². The molecule has 0 bridgehead atoms. The lowest BCUT2D eigenvalue weighted by Crippen LogP contribution is -2.21. The molecule has 0 unspecified atom stereocenters. The maximum atomic E-state index is 11.9. The molecule has 1 aromatic heterocycles. The molecule has 0 radical (unpaired) electrons. The Balaban J connectivity index is 1.79. The Morgan fingerprint density at radius 2 is 2.10 bits per heavy atom. The van der Waals surface area contributed by atoms with Gasteiger partial charge in [-0.05, 0) is 50.8 Å². The van der Waals surface area contributed by atoms with Gasteiger partial charge in [-0.15, -0.1) is 0 Å². The monoisotopic (exact) mass is 312 g/mol. The van der Waals surface area contributed by atoms with E-state index >= 15 is 0 Å². The van der Waals surface area contributed by atoms with Crippen molar-refractivity contribution in [3.05, 3.63) is 29.5 Å². The third kappa shape index (κ3) is 4.43. The standard InChI is InChI=1S/C15H24N2O3S/c1-17(2)21(18,19)15-9-8-14(20-15)12-16-11-10-13-6-4-3-5-7-13/h6,8-9,16H,3-5,7,10-12H2,1-2H3. The quantitative estimate of drug-likeness (QED) is 0.621. The fourth-order valence-electron chi connectivity index (χ4n) is 2.36. The van der Waals surface area contributed by atoms with Gasteiger partial charge in [-0.3, -0.25) is 0 Å². The van der Waals surface area contributed by atoms with E-state index in [0.717, 1.165) is 17.3 Å². The summed E-state index contributed by atoms with van der Waals surface area (Å²) in [7, 11) is -0.487. The average molecular weight is 312 g/mol. The number of rotatable bonds is 7. The molecule has 0 saturated heterocycles. The highest BCUT2D eigenvalue weighted by Gasteiger charge is 2.21. The highest BCUT2D eigenvalue weighted by molar-refractivity contribution is 7.88. The second kappa shape index (κ2) is 7.24. The summed E-state index contributed by atoms with van der Waals surface area (Å²) >= 11 is 0. The van der Waals surface area contributed by atoms with Crippen LogP contribution in [0.1, 0.15) is 37.9 Å². The summed E-state index contributed by atoms with van der Waals surface area (Å²) in [6, 6.07) is 3.22. The minimum Gasteiger partial charge on any atom is -0.447 e. The molecule has 1 aliphatic rings. The van der Waals surface area contributed by atoms with Crippen molar-refractivity contribution >= 4 is 10.0 Å². The van der Waals surface area contributed by atoms with Crippen molar-refractivity contribution in [3.8, 4) is 0 Å². The molecule has 1 N–H and O–H groups in total. The molecule has 5 nitrogen and oxygen atoms in total. The van der Waals surface area contributed by atoms with Crippen LogP contribution in [0, 0.1) is 0 Å². The molecule has 6 heteroatoms. The van der Waals surface area contributed by atoms with E-state index in [1.807, 2.05) is 0 Å². The van der Waals surface area contributed by atoms with Crippen LogP contribution in [0.2, 0.25) is 0 Å². The van der Waals surface area contributed by atoms with Crippen LogP contribution in [0.4, 0.5) is 0 Å². The Morgan fingerprint density at radius 3 is 2.76 bits per heavy atom. The van der Waals surface area contributed by atoms with Crippen molar-refractivity contribution in [2.45, 2.75) is 43.7 Å². The lowest BCUT2D eigenvalue weighted by molar-refractivity contribution is 0.389. The Kier molecular flexibility index (Phi) is 5.61. The second-order valence-corrected chi connectivity index (χ2v) is 7.63. The van der Waals surface area contributed by atoms with E-state index in [0.29, 0.717) is 12.3 Å². The highest BCUT2D eigenvalue weighted by atomic mass is 32.2. The van der Waals surface area contributed by atoms with Crippen molar-refractivity contribution in [3.63, 3.8) is 0 Å². The van der Waals surface area contributed by atoms with E-state index in [9.17, 15) is 8.42 Å². The van der Waals surface area contributed by atoms with Crippen molar-refractivity contribution in [2.75, 3.05) is 20.6 Å². The molecule has 118 valence electrons. The highest BCUT2D eigenvalue weighted by Crippen LogP contribution is 2.20. The van der Waals surface area contributed by atoms with E-state index < -0.39 is 10.0 Å². The second-order valence-electron chi connectivity index (χ2n) is 5.54. The Hall–Kier alpha value is -1.11. The molecule has 1 heterocycles. The number of nitrogens with zero attached hydrogens (tertiary/aromatic N) is 1. The maximum Gasteiger partial charge on any atom is 0.275 e. The van der Waals surface area contributed by atoms with Gasteiger partial charge in [0, 0.05) is 14.1 Å². The van der Waals surface area contributed by atoms with Crippen LogP contribution in [0.3, 0.4) is 0 Å². The maximum absolute atomic E-state index is 11.9. The first-order valence-corrected chi connectivity index (χ1v) is 8.84. The molecule has 0 aliphatic heterocycles. The topological polar surface area (TPSA) is 62.6 Å². The fourth-order valence-corrected chi connectivity index (χ4v) is 3.18. The van der Waals surface area contributed by atoms with Crippen molar-refractivity contribution in [1.82, 2.24) is 9.62 Å². The van der Waals surface area contributed by atoms with Gasteiger partial charge in [0.2, 0.25) is 5.09 Å². The zero-order valence-corrected chi connectivity index (χ0v) is 13.6. The van der Waals surface area contributed by atoms with Gasteiger partial charge in [-0.25, -0.2) is 12.7 Å². The largest absolute Gasteiger partial charge is 0.447 e. The van der Waals surface area contributed by atoms with Crippen LogP contribution in [-0.4, -0.2) is 33.4 Å². The number of sulfonamides is 1. The molecule has 0 aromatic carbocycles. The van der Waals surface area contributed by atoms with E-state index in [1.54, 1.807) is 6.07 Å². The molecule has 21 heavy (non-hydrogen) atoms. The van der Waals surface area contributed by atoms with Crippen LogP contribution in [-0.2, 0) is 16.6 Å². The van der Waals surface area contributed by atoms with E-state index in [1.165, 1.54) is 51.4 Å². The summed E-state index contributed by atoms with van der Waals surface area (Å²) in [4.78, 5) is 0. The smallest absolute Gasteiger partial charge is 0.275 e. The summed E-state index contributed by atoms with van der Waals surface area (Å²) in [6.45, 7) is 1.44. The third-order valence-electron chi connectivity index (χ3n) is 3.68. The van der Waals surface area contributed by atoms with Crippen molar-refractivity contribution < 1.29 is 12.8 Å². The zero-order valence-electron chi connectivity index (χ0n) is 12.8. The van der Waals surface area contributed by atoms with E-state index in [2.05, 4.69) is 11.4 Å². The first-order chi connectivity index (χ1) is 10.00. The predicted molar refractivity (Wildman–Crippen MR) is 82.5 cm³/mol. The van der Waals surface area contributed by atoms with Crippen LogP contribution in [0.15, 0.2) is 33.3 Å². The van der Waals surface area contributed by atoms with Gasteiger partial charge in [0.25, 0.3) is 10.0 Å². The molecule has 1 aliphatic carbocycles. The molecular formula is C15H24N2O3S. The first-order valence-electron chi connectivity index (χ1n) is 7.40. The number of hydrogen-bond acceptors (Lipinski definition) is 4. The van der Waals surface area contributed by atoms with Gasteiger partial charge in [0.1, 0.15) is 5.76 Å². The lowest BCUT2D eigenvalue weighted by Gasteiger charge is -2.12. The number of hydrogen-bond donors (Lipinski definition) is 1. The summed E-state index contributed by atoms with van der Waals surface area (Å²) < 4.78 is 30.3. The van der Waals surface area contributed by atoms with Crippen molar-refractivity contribution in [1.29, 1.82) is 0 Å². The van der Waals surface area contributed by atoms with Gasteiger partial charge in [0.15, 0.2) is 0 Å². The van der Waals surface area contributed by atoms with Crippen LogP contribution in [0.25, 0.3) is 0 Å². The van der Waals surface area contributed by atoms with Crippen LogP contribution < -0.4 is 5.32 Å². The molecular weight excluding hydrogens is 288 g/mol. The fraction of sp³-hybridized carbons (Fsp3) is 0.600. The molecule has 1 aromatic rings. The predicted octanol–water partition coefficient (Wildman–Crippen LogP) is 2.51. The number of allylic oxidation sites excluding steroid dienone is 1. The summed E-state index contributed by atoms with van der Waals surface area (Å²) in [5.74, 6) is 0.646. The summed E-state index contributed by atoms with van der Waals surface area (Å²) in [5, 5.41) is 3.30. The van der Waals surface area contributed by atoms with Gasteiger partial charge in [0.05, 0.1) is 6.54 Å². The number of nitrogens with one attached hydrogen (secondary N) is 1. The van der Waals surface area contributed by atoms with Gasteiger partial charge in [-0.1, -0.05) is 11.6 Å². The Labute approximate surface area is 127 Å². The minimum absolute atomic E-state index is 0.000658.